The van der Waals surface area contributed by atoms with Gasteiger partial charge in [-0.1, -0.05) is 6.07 Å². The maximum atomic E-state index is 11.6. The quantitative estimate of drug-likeness (QED) is 0.789. The summed E-state index contributed by atoms with van der Waals surface area (Å²) < 4.78 is 0. The van der Waals surface area contributed by atoms with E-state index in [0.29, 0.717) is 12.5 Å². The third-order valence-corrected chi connectivity index (χ3v) is 3.19. The second-order valence-electron chi connectivity index (χ2n) is 4.70. The van der Waals surface area contributed by atoms with E-state index < -0.39 is 0 Å². The molecule has 0 bridgehead atoms. The smallest absolute Gasteiger partial charge is 0.244 e. The van der Waals surface area contributed by atoms with Gasteiger partial charge in [-0.2, -0.15) is 0 Å². The second-order valence-corrected chi connectivity index (χ2v) is 4.70. The minimum absolute atomic E-state index is 0.0970. The van der Waals surface area contributed by atoms with Crippen LogP contribution in [0.1, 0.15) is 24.8 Å². The molecular weight excluding hydrogens is 228 g/mol. The zero-order valence-corrected chi connectivity index (χ0v) is 10.2. The first-order chi connectivity index (χ1) is 8.74. The van der Waals surface area contributed by atoms with Crippen LogP contribution in [0.4, 0.5) is 0 Å². The summed E-state index contributed by atoms with van der Waals surface area (Å²) in [7, 11) is 0. The summed E-state index contributed by atoms with van der Waals surface area (Å²) in [6, 6.07) is 3.72. The Balaban J connectivity index is 1.74. The number of nitrogens with one attached hydrogen (secondary N) is 1. The first kappa shape index (κ1) is 12.8. The van der Waals surface area contributed by atoms with Gasteiger partial charge in [0, 0.05) is 25.0 Å². The minimum atomic E-state index is -0.183. The highest BCUT2D eigenvalue weighted by Gasteiger charge is 2.22. The number of nitrogens with zero attached hydrogens (tertiary/aromatic N) is 1. The highest BCUT2D eigenvalue weighted by atomic mass is 16.3. The number of pyridine rings is 1. The average molecular weight is 246 g/mol. The van der Waals surface area contributed by atoms with E-state index >= 15 is 0 Å². The van der Waals surface area contributed by atoms with Crippen LogP contribution in [0.2, 0.25) is 0 Å². The van der Waals surface area contributed by atoms with Crippen molar-refractivity contribution in [3.63, 3.8) is 0 Å². The van der Waals surface area contributed by atoms with Gasteiger partial charge < -0.3 is 10.4 Å². The number of hydrogen-bond acceptors (Lipinski definition) is 3. The first-order valence-electron chi connectivity index (χ1n) is 6.28. The molecule has 1 saturated carbocycles. The fraction of sp³-hybridized carbons (Fsp3) is 0.429. The molecule has 0 aliphatic heterocycles. The summed E-state index contributed by atoms with van der Waals surface area (Å²) in [6.45, 7) is 0.646. The van der Waals surface area contributed by atoms with Crippen LogP contribution in [0, 0.1) is 5.92 Å². The number of amides is 1. The van der Waals surface area contributed by atoms with E-state index in [9.17, 15) is 9.90 Å². The lowest BCUT2D eigenvalue weighted by Gasteiger charge is -2.08. The summed E-state index contributed by atoms with van der Waals surface area (Å²) in [5.41, 5.74) is 0.906. The highest BCUT2D eigenvalue weighted by Crippen LogP contribution is 2.24. The molecule has 4 nitrogen and oxygen atoms in total. The fourth-order valence-electron chi connectivity index (χ4n) is 2.18. The minimum Gasteiger partial charge on any atom is -0.393 e. The lowest BCUT2D eigenvalue weighted by Crippen LogP contribution is -2.26. The monoisotopic (exact) mass is 246 g/mol. The lowest BCUT2D eigenvalue weighted by atomic mass is 10.1. The Labute approximate surface area is 107 Å². The van der Waals surface area contributed by atoms with Gasteiger partial charge in [0.1, 0.15) is 0 Å². The van der Waals surface area contributed by atoms with Crippen LogP contribution in [0.25, 0.3) is 6.08 Å². The topological polar surface area (TPSA) is 62.2 Å². The molecule has 1 fully saturated rings. The van der Waals surface area contributed by atoms with Crippen molar-refractivity contribution < 1.29 is 9.90 Å². The van der Waals surface area contributed by atoms with E-state index in [1.807, 2.05) is 12.1 Å². The molecule has 2 unspecified atom stereocenters. The molecule has 2 rings (SSSR count). The molecule has 0 aromatic carbocycles. The Morgan fingerprint density at radius 3 is 3.11 bits per heavy atom. The summed E-state index contributed by atoms with van der Waals surface area (Å²) >= 11 is 0. The maximum Gasteiger partial charge on any atom is 0.244 e. The van der Waals surface area contributed by atoms with E-state index in [2.05, 4.69) is 10.3 Å². The number of aliphatic hydroxyl groups excluding tert-OH is 1. The van der Waals surface area contributed by atoms with Gasteiger partial charge in [-0.15, -0.1) is 0 Å². The van der Waals surface area contributed by atoms with Crippen LogP contribution < -0.4 is 5.32 Å². The van der Waals surface area contributed by atoms with Crippen molar-refractivity contribution in [2.75, 3.05) is 6.54 Å². The molecule has 1 amide bonds. The zero-order chi connectivity index (χ0) is 12.8. The predicted molar refractivity (Wildman–Crippen MR) is 69.6 cm³/mol. The summed E-state index contributed by atoms with van der Waals surface area (Å²) in [5.74, 6) is 0.316. The third-order valence-electron chi connectivity index (χ3n) is 3.19. The van der Waals surface area contributed by atoms with Crippen LogP contribution in [-0.4, -0.2) is 28.6 Å². The fourth-order valence-corrected chi connectivity index (χ4v) is 2.18. The van der Waals surface area contributed by atoms with Crippen molar-refractivity contribution in [2.24, 2.45) is 5.92 Å². The Kier molecular flexibility index (Phi) is 4.47. The average Bonchev–Trinajstić information content (AvgIpc) is 2.81. The van der Waals surface area contributed by atoms with Crippen molar-refractivity contribution in [3.8, 4) is 0 Å². The molecular formula is C14H18N2O2. The van der Waals surface area contributed by atoms with Crippen LogP contribution >= 0.6 is 0 Å². The van der Waals surface area contributed by atoms with Gasteiger partial charge in [-0.25, -0.2) is 0 Å². The molecule has 1 aromatic rings. The predicted octanol–water partition coefficient (Wildman–Crippen LogP) is 1.37. The molecule has 4 heteroatoms. The van der Waals surface area contributed by atoms with Gasteiger partial charge in [0.05, 0.1) is 6.10 Å². The Hall–Kier alpha value is -1.68. The molecule has 0 saturated heterocycles. The molecule has 1 aliphatic rings. The Morgan fingerprint density at radius 1 is 1.56 bits per heavy atom. The van der Waals surface area contributed by atoms with Crippen LogP contribution in [0.3, 0.4) is 0 Å². The molecule has 18 heavy (non-hydrogen) atoms. The molecule has 96 valence electrons. The van der Waals surface area contributed by atoms with Crippen molar-refractivity contribution in [1.29, 1.82) is 0 Å². The van der Waals surface area contributed by atoms with E-state index in [1.165, 1.54) is 6.08 Å². The highest BCUT2D eigenvalue weighted by molar-refractivity contribution is 5.91. The molecule has 0 spiro atoms. The standard InChI is InChI=1S/C14H18N2O2/c17-13-5-3-12(8-13)10-16-14(18)6-4-11-2-1-7-15-9-11/h1-2,4,6-7,9,12-13,17H,3,5,8,10H2,(H,16,18)/b6-4+. The van der Waals surface area contributed by atoms with Crippen molar-refractivity contribution in [1.82, 2.24) is 10.3 Å². The summed E-state index contributed by atoms with van der Waals surface area (Å²) in [4.78, 5) is 15.5. The van der Waals surface area contributed by atoms with E-state index in [1.54, 1.807) is 18.5 Å². The van der Waals surface area contributed by atoms with Gasteiger partial charge in [-0.3, -0.25) is 9.78 Å². The molecule has 0 radical (unpaired) electrons. The number of aromatic nitrogens is 1. The van der Waals surface area contributed by atoms with E-state index in [4.69, 9.17) is 0 Å². The molecule has 2 atom stereocenters. The number of rotatable bonds is 4. The maximum absolute atomic E-state index is 11.6. The van der Waals surface area contributed by atoms with E-state index in [-0.39, 0.29) is 12.0 Å². The number of aliphatic hydroxyl groups is 1. The third kappa shape index (κ3) is 3.96. The molecule has 1 aliphatic carbocycles. The van der Waals surface area contributed by atoms with Crippen molar-refractivity contribution in [3.05, 3.63) is 36.2 Å². The Bertz CT molecular complexity index is 417. The summed E-state index contributed by atoms with van der Waals surface area (Å²) in [6.07, 6.45) is 9.12. The first-order valence-corrected chi connectivity index (χ1v) is 6.28. The van der Waals surface area contributed by atoms with Crippen LogP contribution in [0.5, 0.6) is 0 Å². The number of hydrogen-bond donors (Lipinski definition) is 2. The van der Waals surface area contributed by atoms with Crippen LogP contribution in [-0.2, 0) is 4.79 Å². The molecule has 1 aromatic heterocycles. The molecule has 1 heterocycles. The van der Waals surface area contributed by atoms with Gasteiger partial charge in [0.15, 0.2) is 0 Å². The summed E-state index contributed by atoms with van der Waals surface area (Å²) in [5, 5.41) is 12.2. The van der Waals surface area contributed by atoms with E-state index in [0.717, 1.165) is 24.8 Å². The normalized spacial score (nSPS) is 23.4. The number of carbonyl (C=O) groups is 1. The SMILES string of the molecule is O=C(/C=C/c1cccnc1)NCC1CCC(O)C1. The van der Waals surface area contributed by atoms with Gasteiger partial charge in [0.25, 0.3) is 0 Å². The zero-order valence-electron chi connectivity index (χ0n) is 10.2. The van der Waals surface area contributed by atoms with Crippen molar-refractivity contribution >= 4 is 12.0 Å². The number of carbonyl (C=O) groups excluding carboxylic acids is 1. The van der Waals surface area contributed by atoms with Crippen molar-refractivity contribution in [2.45, 2.75) is 25.4 Å². The van der Waals surface area contributed by atoms with Gasteiger partial charge in [0.2, 0.25) is 5.91 Å². The largest absolute Gasteiger partial charge is 0.393 e. The Morgan fingerprint density at radius 2 is 2.44 bits per heavy atom. The van der Waals surface area contributed by atoms with Gasteiger partial charge in [-0.05, 0) is 42.9 Å². The second kappa shape index (κ2) is 6.31. The lowest BCUT2D eigenvalue weighted by molar-refractivity contribution is -0.116. The van der Waals surface area contributed by atoms with Gasteiger partial charge >= 0.3 is 0 Å². The van der Waals surface area contributed by atoms with Crippen LogP contribution in [0.15, 0.2) is 30.6 Å². The molecule has 2 N–H and O–H groups in total.